The minimum absolute atomic E-state index is 0.257. The van der Waals surface area contributed by atoms with Crippen molar-refractivity contribution in [2.45, 2.75) is 26.7 Å². The summed E-state index contributed by atoms with van der Waals surface area (Å²) in [4.78, 5) is 10.9. The second-order valence-electron chi connectivity index (χ2n) is 3.10. The van der Waals surface area contributed by atoms with Crippen molar-refractivity contribution in [1.82, 2.24) is 0 Å². The van der Waals surface area contributed by atoms with E-state index in [4.69, 9.17) is 4.74 Å². The van der Waals surface area contributed by atoms with Crippen LogP contribution in [0.4, 0.5) is 0 Å². The Labute approximate surface area is 80.3 Å². The van der Waals surface area contributed by atoms with E-state index >= 15 is 0 Å². The highest BCUT2D eigenvalue weighted by atomic mass is 16.5. The summed E-state index contributed by atoms with van der Waals surface area (Å²) in [7, 11) is 0. The third-order valence-electron chi connectivity index (χ3n) is 1.68. The summed E-state index contributed by atoms with van der Waals surface area (Å²) in [6.45, 7) is 7.99. The van der Waals surface area contributed by atoms with Crippen LogP contribution in [0.2, 0.25) is 0 Å². The molecule has 0 aromatic rings. The minimum Gasteiger partial charge on any atom is -0.462 e. The molecule has 0 radical (unpaired) electrons. The third-order valence-corrected chi connectivity index (χ3v) is 1.68. The van der Waals surface area contributed by atoms with Crippen LogP contribution in [-0.2, 0) is 9.53 Å². The number of rotatable bonds is 6. The smallest absolute Gasteiger partial charge is 0.330 e. The van der Waals surface area contributed by atoms with Gasteiger partial charge >= 0.3 is 5.97 Å². The van der Waals surface area contributed by atoms with Gasteiger partial charge in [0.25, 0.3) is 0 Å². The van der Waals surface area contributed by atoms with Gasteiger partial charge in [-0.1, -0.05) is 19.1 Å². The molecule has 0 spiro atoms. The third kappa shape index (κ3) is 7.32. The topological polar surface area (TPSA) is 26.3 Å². The van der Waals surface area contributed by atoms with Crippen LogP contribution in [0, 0.1) is 5.92 Å². The van der Waals surface area contributed by atoms with Gasteiger partial charge < -0.3 is 4.74 Å². The fourth-order valence-corrected chi connectivity index (χ4v) is 0.894. The molecule has 0 aliphatic rings. The van der Waals surface area contributed by atoms with Crippen LogP contribution in [-0.4, -0.2) is 12.6 Å². The summed E-state index contributed by atoms with van der Waals surface area (Å²) in [5.74, 6) is 0.153. The summed E-state index contributed by atoms with van der Waals surface area (Å²) >= 11 is 0. The molecule has 1 atom stereocenters. The molecule has 0 amide bonds. The fraction of sp³-hybridized carbons (Fsp3) is 0.545. The number of allylic oxidation sites excluding steroid dienone is 2. The fourth-order valence-electron chi connectivity index (χ4n) is 0.894. The maximum atomic E-state index is 10.9. The van der Waals surface area contributed by atoms with E-state index < -0.39 is 0 Å². The lowest BCUT2D eigenvalue weighted by molar-refractivity contribution is -0.139. The number of carbonyl (C=O) groups excluding carboxylic acids is 1. The quantitative estimate of drug-likeness (QED) is 0.358. The Balaban J connectivity index is 3.50. The van der Waals surface area contributed by atoms with E-state index in [9.17, 15) is 4.79 Å². The van der Waals surface area contributed by atoms with Crippen LogP contribution < -0.4 is 0 Å². The lowest BCUT2D eigenvalue weighted by atomic mass is 10.1. The van der Waals surface area contributed by atoms with Crippen molar-refractivity contribution in [3.63, 3.8) is 0 Å². The van der Waals surface area contributed by atoms with E-state index in [1.807, 2.05) is 6.08 Å². The zero-order chi connectivity index (χ0) is 10.1. The average molecular weight is 182 g/mol. The Bertz CT molecular complexity index is 183. The molecule has 2 heteroatoms. The maximum Gasteiger partial charge on any atom is 0.330 e. The van der Waals surface area contributed by atoms with Gasteiger partial charge in [-0.2, -0.15) is 0 Å². The summed E-state index contributed by atoms with van der Waals surface area (Å²) in [5, 5.41) is 0. The van der Waals surface area contributed by atoms with E-state index in [1.54, 1.807) is 13.0 Å². The highest BCUT2D eigenvalue weighted by Gasteiger charge is 2.03. The molecule has 0 bridgehead atoms. The maximum absolute atomic E-state index is 10.9. The van der Waals surface area contributed by atoms with Gasteiger partial charge in [0.2, 0.25) is 0 Å². The Morgan fingerprint density at radius 3 is 2.85 bits per heavy atom. The number of ether oxygens (including phenoxy) is 1. The van der Waals surface area contributed by atoms with E-state index in [2.05, 4.69) is 13.5 Å². The Morgan fingerprint density at radius 1 is 1.62 bits per heavy atom. The highest BCUT2D eigenvalue weighted by molar-refractivity contribution is 5.81. The molecule has 0 fully saturated rings. The first-order valence-corrected chi connectivity index (χ1v) is 4.61. The van der Waals surface area contributed by atoms with E-state index in [0.29, 0.717) is 12.5 Å². The van der Waals surface area contributed by atoms with Gasteiger partial charge in [0.05, 0.1) is 6.61 Å². The SMILES string of the molecule is C=CCCC(C)COC(=O)/C=C/C. The molecular formula is C11H18O2. The molecule has 74 valence electrons. The molecule has 0 aliphatic heterocycles. The molecule has 0 saturated carbocycles. The Morgan fingerprint density at radius 2 is 2.31 bits per heavy atom. The number of esters is 1. The summed E-state index contributed by atoms with van der Waals surface area (Å²) < 4.78 is 4.98. The van der Waals surface area contributed by atoms with Gasteiger partial charge in [-0.05, 0) is 25.7 Å². The van der Waals surface area contributed by atoms with Crippen LogP contribution in [0.15, 0.2) is 24.8 Å². The molecular weight excluding hydrogens is 164 g/mol. The van der Waals surface area contributed by atoms with E-state index in [1.165, 1.54) is 6.08 Å². The van der Waals surface area contributed by atoms with Crippen LogP contribution in [0.1, 0.15) is 26.7 Å². The van der Waals surface area contributed by atoms with Crippen molar-refractivity contribution in [2.24, 2.45) is 5.92 Å². The van der Waals surface area contributed by atoms with Gasteiger partial charge in [0.15, 0.2) is 0 Å². The zero-order valence-electron chi connectivity index (χ0n) is 8.45. The van der Waals surface area contributed by atoms with Crippen LogP contribution in [0.5, 0.6) is 0 Å². The van der Waals surface area contributed by atoms with Gasteiger partial charge in [-0.3, -0.25) is 0 Å². The van der Waals surface area contributed by atoms with Crippen molar-refractivity contribution < 1.29 is 9.53 Å². The number of hydrogen-bond acceptors (Lipinski definition) is 2. The first kappa shape index (κ1) is 11.9. The first-order chi connectivity index (χ1) is 6.20. The van der Waals surface area contributed by atoms with Gasteiger partial charge in [0, 0.05) is 6.08 Å². The summed E-state index contributed by atoms with van der Waals surface area (Å²) in [6, 6.07) is 0. The average Bonchev–Trinajstić information content (AvgIpc) is 2.12. The van der Waals surface area contributed by atoms with Crippen molar-refractivity contribution in [3.8, 4) is 0 Å². The molecule has 13 heavy (non-hydrogen) atoms. The Hall–Kier alpha value is -1.05. The summed E-state index contributed by atoms with van der Waals surface area (Å²) in [6.07, 6.45) is 6.98. The normalized spacial score (nSPS) is 12.8. The number of hydrogen-bond donors (Lipinski definition) is 0. The highest BCUT2D eigenvalue weighted by Crippen LogP contribution is 2.06. The van der Waals surface area contributed by atoms with Crippen molar-refractivity contribution in [1.29, 1.82) is 0 Å². The number of carbonyl (C=O) groups is 1. The molecule has 2 nitrogen and oxygen atoms in total. The molecule has 0 aromatic carbocycles. The largest absolute Gasteiger partial charge is 0.462 e. The van der Waals surface area contributed by atoms with E-state index in [0.717, 1.165) is 12.8 Å². The van der Waals surface area contributed by atoms with Crippen molar-refractivity contribution in [2.75, 3.05) is 6.61 Å². The molecule has 1 unspecified atom stereocenters. The van der Waals surface area contributed by atoms with Gasteiger partial charge in [-0.15, -0.1) is 6.58 Å². The first-order valence-electron chi connectivity index (χ1n) is 4.61. The second-order valence-corrected chi connectivity index (χ2v) is 3.10. The molecule has 0 aliphatic carbocycles. The van der Waals surface area contributed by atoms with Crippen LogP contribution in [0.3, 0.4) is 0 Å². The zero-order valence-corrected chi connectivity index (χ0v) is 8.45. The van der Waals surface area contributed by atoms with Crippen LogP contribution in [0.25, 0.3) is 0 Å². The monoisotopic (exact) mass is 182 g/mol. The van der Waals surface area contributed by atoms with Gasteiger partial charge in [0.1, 0.15) is 0 Å². The Kier molecular flexibility index (Phi) is 6.98. The minimum atomic E-state index is -0.257. The predicted octanol–water partition coefficient (Wildman–Crippen LogP) is 2.71. The molecule has 0 heterocycles. The standard InChI is InChI=1S/C11H18O2/c1-4-6-8-10(3)9-13-11(12)7-5-2/h4-5,7,10H,1,6,8-9H2,2-3H3/b7-5+. The van der Waals surface area contributed by atoms with Crippen molar-refractivity contribution in [3.05, 3.63) is 24.8 Å². The molecule has 0 saturated heterocycles. The summed E-state index contributed by atoms with van der Waals surface area (Å²) in [5.41, 5.74) is 0. The molecule has 0 rings (SSSR count). The predicted molar refractivity (Wildman–Crippen MR) is 54.4 cm³/mol. The van der Waals surface area contributed by atoms with Gasteiger partial charge in [-0.25, -0.2) is 4.79 Å². The lowest BCUT2D eigenvalue weighted by Crippen LogP contribution is -2.09. The van der Waals surface area contributed by atoms with Crippen LogP contribution >= 0.6 is 0 Å². The lowest BCUT2D eigenvalue weighted by Gasteiger charge is -2.09. The molecule has 0 N–H and O–H groups in total. The van der Waals surface area contributed by atoms with E-state index in [-0.39, 0.29) is 5.97 Å². The molecule has 0 aromatic heterocycles. The van der Waals surface area contributed by atoms with Crippen molar-refractivity contribution >= 4 is 5.97 Å². The second kappa shape index (κ2) is 7.59.